The number of carbonyl (C=O) groups is 1. The number of aryl methyl sites for hydroxylation is 1. The van der Waals surface area contributed by atoms with Crippen LogP contribution in [0.3, 0.4) is 0 Å². The Morgan fingerprint density at radius 1 is 1.32 bits per heavy atom. The smallest absolute Gasteiger partial charge is 0.199 e. The predicted octanol–water partition coefficient (Wildman–Crippen LogP) is 2.10. The summed E-state index contributed by atoms with van der Waals surface area (Å²) in [5, 5.41) is 22.4. The molecule has 0 spiro atoms. The van der Waals surface area contributed by atoms with Crippen LogP contribution < -0.4 is 0 Å². The van der Waals surface area contributed by atoms with Crippen molar-refractivity contribution in [3.63, 3.8) is 0 Å². The number of ketones is 1. The highest BCUT2D eigenvalue weighted by Crippen LogP contribution is 2.29. The molecule has 0 N–H and O–H groups in total. The number of nitriles is 1. The summed E-state index contributed by atoms with van der Waals surface area (Å²) in [7, 11) is 1.80. The largest absolute Gasteiger partial charge is 0.330 e. The maximum Gasteiger partial charge on any atom is 0.199 e. The number of hydrogen-bond donors (Lipinski definition) is 0. The van der Waals surface area contributed by atoms with E-state index in [2.05, 4.69) is 26.6 Å². The minimum atomic E-state index is -1.01. The molecule has 0 saturated heterocycles. The zero-order valence-corrected chi connectivity index (χ0v) is 13.9. The fourth-order valence-corrected chi connectivity index (χ4v) is 3.58. The van der Waals surface area contributed by atoms with Gasteiger partial charge in [-0.15, -0.1) is 16.4 Å². The van der Waals surface area contributed by atoms with Crippen molar-refractivity contribution in [3.8, 4) is 11.8 Å². The van der Waals surface area contributed by atoms with E-state index >= 15 is 0 Å². The van der Waals surface area contributed by atoms with E-state index in [1.807, 2.05) is 24.3 Å². The summed E-state index contributed by atoms with van der Waals surface area (Å²) in [6, 6.07) is 11.4. The lowest BCUT2D eigenvalue weighted by Crippen LogP contribution is -2.16. The highest BCUT2D eigenvalue weighted by Gasteiger charge is 2.30. The first-order chi connectivity index (χ1) is 12.2. The summed E-state index contributed by atoms with van der Waals surface area (Å²) in [5.41, 5.74) is 2.18. The Balaban J connectivity index is 1.80. The summed E-state index contributed by atoms with van der Waals surface area (Å²) >= 11 is 1.25. The molecular weight excluding hydrogens is 338 g/mol. The fourth-order valence-electron chi connectivity index (χ4n) is 2.73. The molecule has 3 aromatic heterocycles. The normalized spacial score (nSPS) is 12.2. The van der Waals surface area contributed by atoms with E-state index in [9.17, 15) is 10.1 Å². The van der Waals surface area contributed by atoms with Gasteiger partial charge in [-0.25, -0.2) is 4.98 Å². The van der Waals surface area contributed by atoms with Crippen molar-refractivity contribution in [2.24, 2.45) is 7.05 Å². The van der Waals surface area contributed by atoms with Crippen LogP contribution in [0.25, 0.3) is 16.7 Å². The van der Waals surface area contributed by atoms with E-state index in [0.29, 0.717) is 16.4 Å². The number of nitrogens with zero attached hydrogens (tertiary/aromatic N) is 7. The molecule has 0 aliphatic heterocycles. The Bertz CT molecular complexity index is 1100. The highest BCUT2D eigenvalue weighted by atomic mass is 32.1. The van der Waals surface area contributed by atoms with Crippen molar-refractivity contribution in [1.29, 1.82) is 5.26 Å². The number of benzene rings is 1. The number of thiophene rings is 1. The molecule has 1 atom stereocenters. The number of fused-ring (bicyclic) bond motifs is 1. The van der Waals surface area contributed by atoms with E-state index < -0.39 is 5.92 Å². The van der Waals surface area contributed by atoms with Crippen LogP contribution in [-0.4, -0.2) is 35.5 Å². The average molecular weight is 349 g/mol. The van der Waals surface area contributed by atoms with E-state index in [1.165, 1.54) is 22.3 Å². The molecular formula is C16H11N7OS. The molecule has 3 heterocycles. The third-order valence-electron chi connectivity index (χ3n) is 3.94. The summed E-state index contributed by atoms with van der Waals surface area (Å²) < 4.78 is 3.19. The zero-order chi connectivity index (χ0) is 17.4. The lowest BCUT2D eigenvalue weighted by molar-refractivity contribution is 0.0979. The number of carbonyl (C=O) groups excluding carboxylic acids is 1. The van der Waals surface area contributed by atoms with E-state index in [1.54, 1.807) is 23.1 Å². The van der Waals surface area contributed by atoms with Gasteiger partial charge in [-0.2, -0.15) is 9.94 Å². The molecule has 0 radical (unpaired) electrons. The predicted molar refractivity (Wildman–Crippen MR) is 90.4 cm³/mol. The van der Waals surface area contributed by atoms with Gasteiger partial charge >= 0.3 is 0 Å². The maximum atomic E-state index is 13.0. The quantitative estimate of drug-likeness (QED) is 0.523. The Morgan fingerprint density at radius 3 is 2.88 bits per heavy atom. The summed E-state index contributed by atoms with van der Waals surface area (Å²) in [5.74, 6) is -0.905. The summed E-state index contributed by atoms with van der Waals surface area (Å²) in [6.07, 6.45) is 1.41. The van der Waals surface area contributed by atoms with Crippen molar-refractivity contribution in [3.05, 3.63) is 52.7 Å². The maximum absolute atomic E-state index is 13.0. The molecule has 0 aliphatic carbocycles. The van der Waals surface area contributed by atoms with E-state index in [-0.39, 0.29) is 5.78 Å². The van der Waals surface area contributed by atoms with Crippen LogP contribution in [0.4, 0.5) is 0 Å². The number of Topliss-reactive ketones (excluding diaryl/α,β-unsaturated/α-hetero) is 1. The SMILES string of the molecule is Cn1c(C(C#N)C(=O)c2sccc2-n2cnnn2)nc2ccccc21. The zero-order valence-electron chi connectivity index (χ0n) is 13.1. The standard InChI is InChI=1S/C16H11N7OS/c1-22-12-5-3-2-4-11(12)19-16(22)10(8-17)14(24)15-13(6-7-25-15)23-9-18-20-21-23/h2-7,9-10H,1H3. The van der Waals surface area contributed by atoms with Crippen LogP contribution in [0.5, 0.6) is 0 Å². The summed E-state index contributed by atoms with van der Waals surface area (Å²) in [6.45, 7) is 0. The molecule has 0 amide bonds. The van der Waals surface area contributed by atoms with Crippen LogP contribution >= 0.6 is 11.3 Å². The van der Waals surface area contributed by atoms with Gasteiger partial charge in [-0.3, -0.25) is 4.79 Å². The third-order valence-corrected chi connectivity index (χ3v) is 4.85. The van der Waals surface area contributed by atoms with Crippen LogP contribution in [0.1, 0.15) is 21.4 Å². The fraction of sp³-hybridized carbons (Fsp3) is 0.125. The molecule has 0 saturated carbocycles. The summed E-state index contributed by atoms with van der Waals surface area (Å²) in [4.78, 5) is 17.9. The highest BCUT2D eigenvalue weighted by molar-refractivity contribution is 7.12. The number of tetrazole rings is 1. The van der Waals surface area contributed by atoms with Gasteiger partial charge in [0.1, 0.15) is 12.2 Å². The van der Waals surface area contributed by atoms with Crippen molar-refractivity contribution in [2.45, 2.75) is 5.92 Å². The van der Waals surface area contributed by atoms with Gasteiger partial charge in [-0.1, -0.05) is 12.1 Å². The first-order valence-electron chi connectivity index (χ1n) is 7.36. The Kier molecular flexibility index (Phi) is 3.59. The molecule has 0 fully saturated rings. The van der Waals surface area contributed by atoms with Crippen LogP contribution in [0.2, 0.25) is 0 Å². The Morgan fingerprint density at radius 2 is 2.16 bits per heavy atom. The first kappa shape index (κ1) is 15.2. The minimum Gasteiger partial charge on any atom is -0.330 e. The van der Waals surface area contributed by atoms with Crippen LogP contribution in [0.15, 0.2) is 42.0 Å². The third kappa shape index (κ3) is 2.40. The van der Waals surface area contributed by atoms with Gasteiger partial charge in [0.25, 0.3) is 0 Å². The lowest BCUT2D eigenvalue weighted by Gasteiger charge is -2.09. The number of hydrogen-bond acceptors (Lipinski definition) is 7. The second kappa shape index (κ2) is 5.92. The number of aromatic nitrogens is 6. The van der Waals surface area contributed by atoms with Gasteiger partial charge in [0.05, 0.1) is 27.7 Å². The molecule has 4 rings (SSSR count). The average Bonchev–Trinajstić information content (AvgIpc) is 3.36. The molecule has 0 bridgehead atoms. The van der Waals surface area contributed by atoms with Crippen LogP contribution in [0, 0.1) is 11.3 Å². The molecule has 9 heteroatoms. The second-order valence-corrected chi connectivity index (χ2v) is 6.25. The Labute approximate surface area is 146 Å². The van der Waals surface area contributed by atoms with Gasteiger partial charge in [0.15, 0.2) is 11.7 Å². The van der Waals surface area contributed by atoms with Gasteiger partial charge in [0, 0.05) is 7.05 Å². The van der Waals surface area contributed by atoms with Crippen molar-refractivity contribution >= 4 is 28.2 Å². The molecule has 25 heavy (non-hydrogen) atoms. The monoisotopic (exact) mass is 349 g/mol. The van der Waals surface area contributed by atoms with E-state index in [4.69, 9.17) is 0 Å². The molecule has 8 nitrogen and oxygen atoms in total. The molecule has 0 aliphatic rings. The Hall–Kier alpha value is -3.38. The van der Waals surface area contributed by atoms with Gasteiger partial charge < -0.3 is 4.57 Å². The van der Waals surface area contributed by atoms with Crippen molar-refractivity contribution in [2.75, 3.05) is 0 Å². The number of imidazole rings is 1. The van der Waals surface area contributed by atoms with Crippen LogP contribution in [-0.2, 0) is 7.05 Å². The first-order valence-corrected chi connectivity index (χ1v) is 8.24. The lowest BCUT2D eigenvalue weighted by atomic mass is 10.0. The number of para-hydroxylation sites is 2. The molecule has 1 unspecified atom stereocenters. The van der Waals surface area contributed by atoms with Gasteiger partial charge in [0.2, 0.25) is 0 Å². The van der Waals surface area contributed by atoms with Crippen molar-refractivity contribution < 1.29 is 4.79 Å². The second-order valence-electron chi connectivity index (χ2n) is 5.33. The van der Waals surface area contributed by atoms with Gasteiger partial charge in [-0.05, 0) is 34.0 Å². The van der Waals surface area contributed by atoms with E-state index in [0.717, 1.165) is 11.0 Å². The topological polar surface area (TPSA) is 102 Å². The van der Waals surface area contributed by atoms with Crippen molar-refractivity contribution in [1.82, 2.24) is 29.8 Å². The molecule has 4 aromatic rings. The minimum absolute atomic E-state index is 0.318. The molecule has 1 aromatic carbocycles. The molecule has 122 valence electrons. The number of rotatable bonds is 4.